The largest absolute Gasteiger partial charge is 0.469 e. The number of ether oxygens (including phenoxy) is 1. The number of methoxy groups -OCH3 is 1. The SMILES string of the molecule is COC(=O)CC1CCCN(CCS(=O)(=O)c2ccccc2)C1. The normalized spacial score (nSPS) is 19.8. The lowest BCUT2D eigenvalue weighted by atomic mass is 9.95. The van der Waals surface area contributed by atoms with Crippen LogP contribution in [0.5, 0.6) is 0 Å². The number of hydrogen-bond donors (Lipinski definition) is 0. The zero-order valence-corrected chi connectivity index (χ0v) is 13.7. The summed E-state index contributed by atoms with van der Waals surface area (Å²) in [5.41, 5.74) is 0. The molecule has 5 nitrogen and oxygen atoms in total. The number of rotatable bonds is 6. The van der Waals surface area contributed by atoms with Crippen LogP contribution in [0.2, 0.25) is 0 Å². The molecule has 1 aromatic rings. The first-order valence-corrected chi connectivity index (χ1v) is 9.23. The predicted octanol–water partition coefficient (Wildman–Crippen LogP) is 1.74. The minimum absolute atomic E-state index is 0.113. The zero-order chi connectivity index (χ0) is 16.0. The lowest BCUT2D eigenvalue weighted by molar-refractivity contribution is -0.142. The van der Waals surface area contributed by atoms with E-state index in [-0.39, 0.29) is 17.6 Å². The Labute approximate surface area is 132 Å². The Kier molecular flexibility index (Phi) is 5.97. The van der Waals surface area contributed by atoms with Gasteiger partial charge in [-0.05, 0) is 37.4 Å². The topological polar surface area (TPSA) is 63.7 Å². The fourth-order valence-electron chi connectivity index (χ4n) is 2.83. The van der Waals surface area contributed by atoms with Crippen molar-refractivity contribution < 1.29 is 17.9 Å². The lowest BCUT2D eigenvalue weighted by Gasteiger charge is -2.32. The molecule has 0 bridgehead atoms. The van der Waals surface area contributed by atoms with Crippen LogP contribution in [0.25, 0.3) is 0 Å². The first-order chi connectivity index (χ1) is 10.5. The van der Waals surface area contributed by atoms with Gasteiger partial charge >= 0.3 is 5.97 Å². The average molecular weight is 325 g/mol. The van der Waals surface area contributed by atoms with Crippen LogP contribution >= 0.6 is 0 Å². The minimum Gasteiger partial charge on any atom is -0.469 e. The summed E-state index contributed by atoms with van der Waals surface area (Å²) in [6, 6.07) is 8.54. The van der Waals surface area contributed by atoms with E-state index >= 15 is 0 Å². The summed E-state index contributed by atoms with van der Waals surface area (Å²) < 4.78 is 29.3. The van der Waals surface area contributed by atoms with E-state index in [1.54, 1.807) is 30.3 Å². The summed E-state index contributed by atoms with van der Waals surface area (Å²) in [5.74, 6) is 0.187. The van der Waals surface area contributed by atoms with Crippen molar-refractivity contribution in [1.82, 2.24) is 4.90 Å². The van der Waals surface area contributed by atoms with E-state index in [9.17, 15) is 13.2 Å². The number of carbonyl (C=O) groups excluding carboxylic acids is 1. The van der Waals surface area contributed by atoms with Gasteiger partial charge in [0.15, 0.2) is 9.84 Å². The molecule has 1 fully saturated rings. The Hall–Kier alpha value is -1.40. The molecule has 0 radical (unpaired) electrons. The third kappa shape index (κ3) is 4.81. The van der Waals surface area contributed by atoms with Gasteiger partial charge < -0.3 is 9.64 Å². The van der Waals surface area contributed by atoms with Gasteiger partial charge in [-0.15, -0.1) is 0 Å². The Morgan fingerprint density at radius 2 is 2.05 bits per heavy atom. The second kappa shape index (κ2) is 7.74. The van der Waals surface area contributed by atoms with Crippen LogP contribution in [-0.2, 0) is 19.4 Å². The molecule has 1 aliphatic rings. The highest BCUT2D eigenvalue weighted by atomic mass is 32.2. The number of sulfone groups is 1. The van der Waals surface area contributed by atoms with Crippen molar-refractivity contribution in [2.45, 2.75) is 24.2 Å². The molecular weight excluding hydrogens is 302 g/mol. The van der Waals surface area contributed by atoms with Crippen LogP contribution in [-0.4, -0.2) is 51.8 Å². The van der Waals surface area contributed by atoms with Crippen molar-refractivity contribution in [1.29, 1.82) is 0 Å². The Balaban J connectivity index is 1.87. The predicted molar refractivity (Wildman–Crippen MR) is 84.3 cm³/mol. The van der Waals surface area contributed by atoms with Crippen molar-refractivity contribution in [3.05, 3.63) is 30.3 Å². The smallest absolute Gasteiger partial charge is 0.305 e. The Bertz CT molecular complexity index is 585. The minimum atomic E-state index is -3.24. The van der Waals surface area contributed by atoms with E-state index in [4.69, 9.17) is 4.74 Å². The maximum absolute atomic E-state index is 12.3. The summed E-state index contributed by atoms with van der Waals surface area (Å²) in [6.07, 6.45) is 2.41. The number of piperidine rings is 1. The Morgan fingerprint density at radius 1 is 1.32 bits per heavy atom. The van der Waals surface area contributed by atoms with Gasteiger partial charge in [0.25, 0.3) is 0 Å². The molecule has 1 atom stereocenters. The molecule has 0 aliphatic carbocycles. The molecule has 122 valence electrons. The quantitative estimate of drug-likeness (QED) is 0.746. The molecule has 2 rings (SSSR count). The summed E-state index contributed by atoms with van der Waals surface area (Å²) >= 11 is 0. The van der Waals surface area contributed by atoms with Gasteiger partial charge in [0, 0.05) is 19.5 Å². The van der Waals surface area contributed by atoms with E-state index in [2.05, 4.69) is 4.90 Å². The van der Waals surface area contributed by atoms with Crippen molar-refractivity contribution in [3.63, 3.8) is 0 Å². The highest BCUT2D eigenvalue weighted by molar-refractivity contribution is 7.91. The van der Waals surface area contributed by atoms with Crippen LogP contribution in [0.4, 0.5) is 0 Å². The molecule has 0 N–H and O–H groups in total. The van der Waals surface area contributed by atoms with Crippen LogP contribution in [0, 0.1) is 5.92 Å². The molecule has 0 saturated carbocycles. The molecule has 1 unspecified atom stereocenters. The number of nitrogens with zero attached hydrogens (tertiary/aromatic N) is 1. The van der Waals surface area contributed by atoms with Gasteiger partial charge in [-0.1, -0.05) is 18.2 Å². The number of carbonyl (C=O) groups is 1. The summed E-state index contributed by atoms with van der Waals surface area (Å²) in [7, 11) is -1.84. The van der Waals surface area contributed by atoms with Crippen molar-refractivity contribution in [3.8, 4) is 0 Å². The van der Waals surface area contributed by atoms with Crippen LogP contribution in [0.15, 0.2) is 35.2 Å². The molecule has 0 amide bonds. The average Bonchev–Trinajstić information content (AvgIpc) is 2.54. The summed E-state index contributed by atoms with van der Waals surface area (Å²) in [4.78, 5) is 13.9. The van der Waals surface area contributed by atoms with E-state index in [0.29, 0.717) is 17.9 Å². The zero-order valence-electron chi connectivity index (χ0n) is 12.9. The second-order valence-corrected chi connectivity index (χ2v) is 7.83. The van der Waals surface area contributed by atoms with Crippen LogP contribution < -0.4 is 0 Å². The molecule has 22 heavy (non-hydrogen) atoms. The second-order valence-electron chi connectivity index (χ2n) is 5.72. The van der Waals surface area contributed by atoms with Gasteiger partial charge in [-0.3, -0.25) is 4.79 Å². The van der Waals surface area contributed by atoms with E-state index < -0.39 is 9.84 Å². The molecule has 0 spiro atoms. The highest BCUT2D eigenvalue weighted by Gasteiger charge is 2.24. The number of esters is 1. The molecule has 1 aliphatic heterocycles. The molecule has 0 aromatic heterocycles. The summed E-state index contributed by atoms with van der Waals surface area (Å²) in [6.45, 7) is 2.16. The van der Waals surface area contributed by atoms with Crippen LogP contribution in [0.1, 0.15) is 19.3 Å². The van der Waals surface area contributed by atoms with Crippen molar-refractivity contribution in [2.24, 2.45) is 5.92 Å². The van der Waals surface area contributed by atoms with Gasteiger partial charge in [0.1, 0.15) is 0 Å². The first-order valence-electron chi connectivity index (χ1n) is 7.58. The fourth-order valence-corrected chi connectivity index (χ4v) is 4.14. The van der Waals surface area contributed by atoms with Gasteiger partial charge in [-0.2, -0.15) is 0 Å². The maximum atomic E-state index is 12.3. The lowest BCUT2D eigenvalue weighted by Crippen LogP contribution is -2.39. The Morgan fingerprint density at radius 3 is 2.73 bits per heavy atom. The molecule has 6 heteroatoms. The highest BCUT2D eigenvalue weighted by Crippen LogP contribution is 2.20. The molecule has 1 heterocycles. The van der Waals surface area contributed by atoms with E-state index in [1.807, 2.05) is 0 Å². The molecule has 1 saturated heterocycles. The number of hydrogen-bond acceptors (Lipinski definition) is 5. The number of likely N-dealkylation sites (tertiary alicyclic amines) is 1. The summed E-state index contributed by atoms with van der Waals surface area (Å²) in [5, 5.41) is 0. The molecule has 1 aromatic carbocycles. The molecular formula is C16H23NO4S. The first kappa shape index (κ1) is 17.0. The maximum Gasteiger partial charge on any atom is 0.305 e. The van der Waals surface area contributed by atoms with E-state index in [1.165, 1.54) is 7.11 Å². The number of benzene rings is 1. The van der Waals surface area contributed by atoms with Gasteiger partial charge in [-0.25, -0.2) is 8.42 Å². The van der Waals surface area contributed by atoms with Crippen molar-refractivity contribution >= 4 is 15.8 Å². The monoisotopic (exact) mass is 325 g/mol. The third-order valence-electron chi connectivity index (χ3n) is 4.06. The standard InChI is InChI=1S/C16H23NO4S/c1-21-16(18)12-14-6-5-9-17(13-14)10-11-22(19,20)15-7-3-2-4-8-15/h2-4,7-8,14H,5-6,9-13H2,1H3. The van der Waals surface area contributed by atoms with Crippen LogP contribution in [0.3, 0.4) is 0 Å². The fraction of sp³-hybridized carbons (Fsp3) is 0.562. The van der Waals surface area contributed by atoms with Crippen molar-refractivity contribution in [2.75, 3.05) is 32.5 Å². The van der Waals surface area contributed by atoms with Gasteiger partial charge in [0.05, 0.1) is 17.8 Å². The van der Waals surface area contributed by atoms with Gasteiger partial charge in [0.2, 0.25) is 0 Å². The van der Waals surface area contributed by atoms with E-state index in [0.717, 1.165) is 25.9 Å². The third-order valence-corrected chi connectivity index (χ3v) is 5.78.